The topological polar surface area (TPSA) is 79.5 Å². The highest BCUT2D eigenvalue weighted by molar-refractivity contribution is 5.88. The van der Waals surface area contributed by atoms with Crippen molar-refractivity contribution in [1.29, 1.82) is 0 Å². The predicted octanol–water partition coefficient (Wildman–Crippen LogP) is 2.57. The van der Waals surface area contributed by atoms with Gasteiger partial charge in [-0.25, -0.2) is 4.79 Å². The van der Waals surface area contributed by atoms with Crippen LogP contribution in [0.3, 0.4) is 0 Å². The molecule has 126 valence electrons. The van der Waals surface area contributed by atoms with Crippen molar-refractivity contribution in [1.82, 2.24) is 10.6 Å². The first-order valence-corrected chi connectivity index (χ1v) is 8.02. The van der Waals surface area contributed by atoms with E-state index in [4.69, 9.17) is 4.74 Å². The summed E-state index contributed by atoms with van der Waals surface area (Å²) in [5.74, 6) is -0.120. The van der Waals surface area contributed by atoms with Crippen LogP contribution in [-0.4, -0.2) is 30.7 Å². The van der Waals surface area contributed by atoms with Gasteiger partial charge in [0.05, 0.1) is 18.2 Å². The van der Waals surface area contributed by atoms with E-state index in [0.29, 0.717) is 0 Å². The number of ether oxygens (including phenoxy) is 1. The molecular weight excluding hydrogens is 294 g/mol. The number of benzene rings is 1. The zero-order chi connectivity index (χ0) is 16.8. The molecule has 3 amide bonds. The van der Waals surface area contributed by atoms with Gasteiger partial charge < -0.3 is 20.7 Å². The summed E-state index contributed by atoms with van der Waals surface area (Å²) < 4.78 is 5.58. The summed E-state index contributed by atoms with van der Waals surface area (Å²) in [5, 5.41) is 8.58. The predicted molar refractivity (Wildman–Crippen MR) is 89.3 cm³/mol. The monoisotopic (exact) mass is 319 g/mol. The molecule has 1 aromatic rings. The fourth-order valence-electron chi connectivity index (χ4n) is 2.71. The SMILES string of the molecule is CC(=O)Nc1cccc([C@H](C)NC(=O)N[C@@H](C)[C@@H]2CCCO2)c1. The van der Waals surface area contributed by atoms with Gasteiger partial charge in [-0.3, -0.25) is 4.79 Å². The third-order valence-corrected chi connectivity index (χ3v) is 3.94. The van der Waals surface area contributed by atoms with Crippen molar-refractivity contribution in [2.45, 2.75) is 51.8 Å². The molecule has 23 heavy (non-hydrogen) atoms. The van der Waals surface area contributed by atoms with Gasteiger partial charge in [0.25, 0.3) is 0 Å². The van der Waals surface area contributed by atoms with Gasteiger partial charge in [-0.2, -0.15) is 0 Å². The summed E-state index contributed by atoms with van der Waals surface area (Å²) in [7, 11) is 0. The fraction of sp³-hybridized carbons (Fsp3) is 0.529. The second-order valence-corrected chi connectivity index (χ2v) is 5.99. The lowest BCUT2D eigenvalue weighted by atomic mass is 10.1. The van der Waals surface area contributed by atoms with E-state index in [1.165, 1.54) is 6.92 Å². The maximum atomic E-state index is 12.1. The molecule has 1 aromatic carbocycles. The number of hydrogen-bond acceptors (Lipinski definition) is 3. The minimum Gasteiger partial charge on any atom is -0.376 e. The molecule has 1 saturated heterocycles. The van der Waals surface area contributed by atoms with Crippen LogP contribution in [0.15, 0.2) is 24.3 Å². The van der Waals surface area contributed by atoms with Crippen LogP contribution in [0, 0.1) is 0 Å². The minimum atomic E-state index is -0.217. The largest absolute Gasteiger partial charge is 0.376 e. The molecule has 0 bridgehead atoms. The Morgan fingerprint density at radius 3 is 2.70 bits per heavy atom. The summed E-state index contributed by atoms with van der Waals surface area (Å²) >= 11 is 0. The molecule has 1 aliphatic rings. The van der Waals surface area contributed by atoms with Crippen molar-refractivity contribution in [3.8, 4) is 0 Å². The van der Waals surface area contributed by atoms with Gasteiger partial charge in [-0.05, 0) is 44.4 Å². The van der Waals surface area contributed by atoms with E-state index in [0.717, 1.165) is 30.7 Å². The highest BCUT2D eigenvalue weighted by atomic mass is 16.5. The number of amides is 3. The second kappa shape index (κ2) is 7.97. The lowest BCUT2D eigenvalue weighted by Crippen LogP contribution is -2.46. The molecule has 2 rings (SSSR count). The summed E-state index contributed by atoms with van der Waals surface area (Å²) in [6.45, 7) is 6.10. The third-order valence-electron chi connectivity index (χ3n) is 3.94. The minimum absolute atomic E-state index is 0.0181. The van der Waals surface area contributed by atoms with Gasteiger partial charge in [0, 0.05) is 19.2 Å². The summed E-state index contributed by atoms with van der Waals surface area (Å²) in [6, 6.07) is 7.04. The molecule has 3 atom stereocenters. The highest BCUT2D eigenvalue weighted by Crippen LogP contribution is 2.18. The normalized spacial score (nSPS) is 19.7. The Bertz CT molecular complexity index is 556. The first-order valence-electron chi connectivity index (χ1n) is 8.02. The molecule has 0 unspecified atom stereocenters. The van der Waals surface area contributed by atoms with Gasteiger partial charge in [0.1, 0.15) is 0 Å². The number of carbonyl (C=O) groups excluding carboxylic acids is 2. The van der Waals surface area contributed by atoms with Crippen LogP contribution in [-0.2, 0) is 9.53 Å². The van der Waals surface area contributed by atoms with E-state index in [-0.39, 0.29) is 30.1 Å². The van der Waals surface area contributed by atoms with Gasteiger partial charge in [0.2, 0.25) is 5.91 Å². The maximum absolute atomic E-state index is 12.1. The molecule has 3 N–H and O–H groups in total. The van der Waals surface area contributed by atoms with Crippen molar-refractivity contribution in [2.75, 3.05) is 11.9 Å². The first kappa shape index (κ1) is 17.3. The average molecular weight is 319 g/mol. The summed E-state index contributed by atoms with van der Waals surface area (Å²) in [5.41, 5.74) is 1.65. The van der Waals surface area contributed by atoms with Crippen LogP contribution in [0.4, 0.5) is 10.5 Å². The quantitative estimate of drug-likeness (QED) is 0.780. The number of rotatable bonds is 5. The summed E-state index contributed by atoms with van der Waals surface area (Å²) in [4.78, 5) is 23.2. The number of hydrogen-bond donors (Lipinski definition) is 3. The van der Waals surface area contributed by atoms with E-state index in [9.17, 15) is 9.59 Å². The Balaban J connectivity index is 1.88. The van der Waals surface area contributed by atoms with Crippen LogP contribution in [0.2, 0.25) is 0 Å². The van der Waals surface area contributed by atoms with E-state index in [1.54, 1.807) is 0 Å². The zero-order valence-corrected chi connectivity index (χ0v) is 13.9. The van der Waals surface area contributed by atoms with E-state index < -0.39 is 0 Å². The molecule has 0 spiro atoms. The van der Waals surface area contributed by atoms with E-state index in [2.05, 4.69) is 16.0 Å². The molecule has 0 saturated carbocycles. The zero-order valence-electron chi connectivity index (χ0n) is 13.9. The molecule has 0 aromatic heterocycles. The number of urea groups is 1. The summed E-state index contributed by atoms with van der Waals surface area (Å²) in [6.07, 6.45) is 2.12. The van der Waals surface area contributed by atoms with Gasteiger partial charge in [0.15, 0.2) is 0 Å². The lowest BCUT2D eigenvalue weighted by Gasteiger charge is -2.22. The molecule has 0 radical (unpaired) electrons. The standard InChI is InChI=1S/C17H25N3O3/c1-11(14-6-4-7-15(10-14)20-13(3)21)18-17(22)19-12(2)16-8-5-9-23-16/h4,6-7,10-12,16H,5,8-9H2,1-3H3,(H,20,21)(H2,18,19,22)/t11-,12-,16-/m0/s1. The number of nitrogens with one attached hydrogen (secondary N) is 3. The Morgan fingerprint density at radius 1 is 1.26 bits per heavy atom. The van der Waals surface area contributed by atoms with Crippen LogP contribution in [0.1, 0.15) is 45.2 Å². The van der Waals surface area contributed by atoms with Crippen LogP contribution < -0.4 is 16.0 Å². The van der Waals surface area contributed by atoms with Crippen LogP contribution in [0.5, 0.6) is 0 Å². The molecule has 1 heterocycles. The molecular formula is C17H25N3O3. The molecule has 6 heteroatoms. The Hall–Kier alpha value is -2.08. The number of carbonyl (C=O) groups is 2. The molecule has 0 aliphatic carbocycles. The smallest absolute Gasteiger partial charge is 0.315 e. The van der Waals surface area contributed by atoms with Crippen molar-refractivity contribution < 1.29 is 14.3 Å². The lowest BCUT2D eigenvalue weighted by molar-refractivity contribution is -0.114. The second-order valence-electron chi connectivity index (χ2n) is 5.99. The van der Waals surface area contributed by atoms with Gasteiger partial charge in [-0.1, -0.05) is 12.1 Å². The Kier molecular flexibility index (Phi) is 5.98. The van der Waals surface area contributed by atoms with Crippen LogP contribution in [0.25, 0.3) is 0 Å². The van der Waals surface area contributed by atoms with E-state index in [1.807, 2.05) is 38.1 Å². The Labute approximate surface area is 137 Å². The van der Waals surface area contributed by atoms with Gasteiger partial charge in [-0.15, -0.1) is 0 Å². The molecule has 1 aliphatic heterocycles. The van der Waals surface area contributed by atoms with Gasteiger partial charge >= 0.3 is 6.03 Å². The first-order chi connectivity index (χ1) is 11.0. The third kappa shape index (κ3) is 5.25. The van der Waals surface area contributed by atoms with Crippen molar-refractivity contribution >= 4 is 17.6 Å². The highest BCUT2D eigenvalue weighted by Gasteiger charge is 2.24. The maximum Gasteiger partial charge on any atom is 0.315 e. The molecule has 1 fully saturated rings. The van der Waals surface area contributed by atoms with E-state index >= 15 is 0 Å². The van der Waals surface area contributed by atoms with Crippen molar-refractivity contribution in [3.05, 3.63) is 29.8 Å². The molecule has 6 nitrogen and oxygen atoms in total. The average Bonchev–Trinajstić information content (AvgIpc) is 3.00. The fourth-order valence-corrected chi connectivity index (χ4v) is 2.71. The van der Waals surface area contributed by atoms with Crippen LogP contribution >= 0.6 is 0 Å². The number of anilines is 1. The van der Waals surface area contributed by atoms with Crippen molar-refractivity contribution in [3.63, 3.8) is 0 Å². The van der Waals surface area contributed by atoms with Crippen molar-refractivity contribution in [2.24, 2.45) is 0 Å². The Morgan fingerprint density at radius 2 is 2.04 bits per heavy atom.